The normalized spacial score (nSPS) is 24.8. The first kappa shape index (κ1) is 8.72. The Balaban J connectivity index is 2.38. The number of furan rings is 1. The molecule has 2 unspecified atom stereocenters. The molecule has 2 nitrogen and oxygen atoms in total. The minimum atomic E-state index is 0.0587. The monoisotopic (exact) mass is 200 g/mol. The van der Waals surface area contributed by atoms with Gasteiger partial charge in [0.15, 0.2) is 5.76 Å². The molecule has 0 radical (unpaired) electrons. The van der Waals surface area contributed by atoms with Crippen molar-refractivity contribution in [1.82, 2.24) is 0 Å². The first-order valence-corrected chi connectivity index (χ1v) is 5.26. The molecule has 0 saturated heterocycles. The van der Waals surface area contributed by atoms with Crippen molar-refractivity contribution in [2.75, 3.05) is 0 Å². The lowest BCUT2D eigenvalue weighted by Gasteiger charge is -2.07. The van der Waals surface area contributed by atoms with Gasteiger partial charge in [-0.2, -0.15) is 0 Å². The summed E-state index contributed by atoms with van der Waals surface area (Å²) in [6.45, 7) is 4.06. The van der Waals surface area contributed by atoms with E-state index in [0.29, 0.717) is 5.76 Å². The molecule has 1 aliphatic carbocycles. The van der Waals surface area contributed by atoms with Gasteiger partial charge in [-0.15, -0.1) is 0 Å². The molecule has 0 amide bonds. The third-order valence-corrected chi connectivity index (χ3v) is 3.48. The minimum Gasteiger partial charge on any atom is -0.453 e. The molecule has 1 aliphatic rings. The van der Waals surface area contributed by atoms with Crippen molar-refractivity contribution in [2.45, 2.75) is 19.8 Å². The molecule has 0 fully saturated rings. The number of carbonyl (C=O) groups excluding carboxylic acids is 1. The van der Waals surface area contributed by atoms with Gasteiger partial charge in [-0.3, -0.25) is 4.79 Å². The summed E-state index contributed by atoms with van der Waals surface area (Å²) in [7, 11) is 0. The zero-order valence-corrected chi connectivity index (χ0v) is 8.78. The third kappa shape index (κ3) is 0.965. The molecule has 1 aromatic heterocycles. The summed E-state index contributed by atoms with van der Waals surface area (Å²) in [4.78, 5) is 11.9. The highest BCUT2D eigenvalue weighted by atomic mass is 16.3. The van der Waals surface area contributed by atoms with Crippen LogP contribution in [0.4, 0.5) is 0 Å². The van der Waals surface area contributed by atoms with Gasteiger partial charge >= 0.3 is 0 Å². The van der Waals surface area contributed by atoms with E-state index in [0.717, 1.165) is 16.5 Å². The quantitative estimate of drug-likeness (QED) is 0.652. The summed E-state index contributed by atoms with van der Waals surface area (Å²) < 4.78 is 5.61. The van der Waals surface area contributed by atoms with Crippen LogP contribution in [-0.2, 0) is 0 Å². The minimum absolute atomic E-state index is 0.0587. The Morgan fingerprint density at radius 3 is 2.67 bits per heavy atom. The van der Waals surface area contributed by atoms with Crippen molar-refractivity contribution in [3.8, 4) is 0 Å². The molecular formula is C13H12O2. The Kier molecular flexibility index (Phi) is 1.58. The molecule has 0 saturated carbocycles. The Hall–Kier alpha value is -1.57. The highest BCUT2D eigenvalue weighted by Crippen LogP contribution is 2.43. The molecule has 1 heterocycles. The second-order valence-electron chi connectivity index (χ2n) is 4.28. The van der Waals surface area contributed by atoms with Gasteiger partial charge in [0.2, 0.25) is 5.78 Å². The van der Waals surface area contributed by atoms with Gasteiger partial charge in [0.25, 0.3) is 0 Å². The lowest BCUT2D eigenvalue weighted by molar-refractivity contribution is 0.0914. The van der Waals surface area contributed by atoms with Crippen LogP contribution in [0, 0.1) is 5.92 Å². The van der Waals surface area contributed by atoms with Crippen molar-refractivity contribution in [3.05, 3.63) is 35.6 Å². The SMILES string of the molecule is CC1C(=O)c2oc3ccccc3c2C1C. The van der Waals surface area contributed by atoms with Crippen molar-refractivity contribution in [2.24, 2.45) is 5.92 Å². The van der Waals surface area contributed by atoms with E-state index in [1.807, 2.05) is 31.2 Å². The first-order valence-electron chi connectivity index (χ1n) is 5.26. The largest absolute Gasteiger partial charge is 0.453 e. The molecule has 15 heavy (non-hydrogen) atoms. The second-order valence-corrected chi connectivity index (χ2v) is 4.28. The Morgan fingerprint density at radius 2 is 1.87 bits per heavy atom. The molecule has 3 rings (SSSR count). The Bertz CT molecular complexity index is 551. The van der Waals surface area contributed by atoms with E-state index in [2.05, 4.69) is 6.92 Å². The number of para-hydroxylation sites is 1. The first-order chi connectivity index (χ1) is 7.20. The molecule has 0 N–H and O–H groups in total. The predicted octanol–water partition coefficient (Wildman–Crippen LogP) is 3.37. The van der Waals surface area contributed by atoms with Crippen molar-refractivity contribution < 1.29 is 9.21 Å². The molecule has 0 aliphatic heterocycles. The summed E-state index contributed by atoms with van der Waals surface area (Å²) in [5.41, 5.74) is 1.93. The van der Waals surface area contributed by atoms with Crippen LogP contribution in [0.1, 0.15) is 35.9 Å². The van der Waals surface area contributed by atoms with Crippen molar-refractivity contribution >= 4 is 16.8 Å². The van der Waals surface area contributed by atoms with Gasteiger partial charge in [0.05, 0.1) is 0 Å². The topological polar surface area (TPSA) is 30.2 Å². The van der Waals surface area contributed by atoms with Crippen LogP contribution in [0.25, 0.3) is 11.0 Å². The number of rotatable bonds is 0. The van der Waals surface area contributed by atoms with Gasteiger partial charge in [0.1, 0.15) is 5.58 Å². The highest BCUT2D eigenvalue weighted by molar-refractivity contribution is 6.05. The molecule has 0 spiro atoms. The number of Topliss-reactive ketones (excluding diaryl/α,β-unsaturated/α-hetero) is 1. The smallest absolute Gasteiger partial charge is 0.201 e. The number of hydrogen-bond acceptors (Lipinski definition) is 2. The van der Waals surface area contributed by atoms with Crippen LogP contribution in [0.15, 0.2) is 28.7 Å². The standard InChI is InChI=1S/C13H12O2/c1-7-8(2)12(14)13-11(7)9-5-3-4-6-10(9)15-13/h3-8H,1-2H3. The molecule has 1 aromatic carbocycles. The number of benzene rings is 1. The van der Waals surface area contributed by atoms with Gasteiger partial charge in [-0.1, -0.05) is 32.0 Å². The molecule has 2 atom stereocenters. The fourth-order valence-electron chi connectivity index (χ4n) is 2.38. The van der Waals surface area contributed by atoms with Crippen molar-refractivity contribution in [1.29, 1.82) is 0 Å². The second kappa shape index (κ2) is 2.72. The van der Waals surface area contributed by atoms with Crippen LogP contribution in [0.3, 0.4) is 0 Å². The fraction of sp³-hybridized carbons (Fsp3) is 0.308. The van der Waals surface area contributed by atoms with E-state index >= 15 is 0 Å². The Morgan fingerprint density at radius 1 is 1.13 bits per heavy atom. The van der Waals surface area contributed by atoms with Gasteiger partial charge in [0, 0.05) is 16.9 Å². The maximum Gasteiger partial charge on any atom is 0.201 e. The lowest BCUT2D eigenvalue weighted by atomic mass is 9.94. The van der Waals surface area contributed by atoms with E-state index in [1.54, 1.807) is 0 Å². The van der Waals surface area contributed by atoms with Crippen LogP contribution in [0.5, 0.6) is 0 Å². The summed E-state index contributed by atoms with van der Waals surface area (Å²) in [5.74, 6) is 1.06. The van der Waals surface area contributed by atoms with Gasteiger partial charge in [-0.25, -0.2) is 0 Å². The van der Waals surface area contributed by atoms with E-state index in [9.17, 15) is 4.79 Å². The van der Waals surface area contributed by atoms with E-state index in [4.69, 9.17) is 4.42 Å². The molecule has 0 bridgehead atoms. The molecule has 2 aromatic rings. The molecule has 76 valence electrons. The average molecular weight is 200 g/mol. The van der Waals surface area contributed by atoms with Crippen LogP contribution < -0.4 is 0 Å². The van der Waals surface area contributed by atoms with Gasteiger partial charge in [-0.05, 0) is 12.0 Å². The van der Waals surface area contributed by atoms with E-state index < -0.39 is 0 Å². The highest BCUT2D eigenvalue weighted by Gasteiger charge is 2.38. The summed E-state index contributed by atoms with van der Waals surface area (Å²) in [6, 6.07) is 7.86. The van der Waals surface area contributed by atoms with Crippen LogP contribution in [0.2, 0.25) is 0 Å². The predicted molar refractivity (Wildman–Crippen MR) is 58.1 cm³/mol. The number of fused-ring (bicyclic) bond motifs is 3. The van der Waals surface area contributed by atoms with E-state index in [1.165, 1.54) is 0 Å². The Labute approximate surface area is 87.9 Å². The van der Waals surface area contributed by atoms with Crippen molar-refractivity contribution in [3.63, 3.8) is 0 Å². The molecule has 2 heteroatoms. The number of hydrogen-bond donors (Lipinski definition) is 0. The average Bonchev–Trinajstić information content (AvgIpc) is 2.72. The summed E-state index contributed by atoms with van der Waals surface area (Å²) in [6.07, 6.45) is 0. The summed E-state index contributed by atoms with van der Waals surface area (Å²) >= 11 is 0. The molecular weight excluding hydrogens is 188 g/mol. The van der Waals surface area contributed by atoms with Gasteiger partial charge < -0.3 is 4.42 Å². The zero-order valence-electron chi connectivity index (χ0n) is 8.78. The van der Waals surface area contributed by atoms with E-state index in [-0.39, 0.29) is 17.6 Å². The number of carbonyl (C=O) groups is 1. The third-order valence-electron chi connectivity index (χ3n) is 3.48. The zero-order chi connectivity index (χ0) is 10.6. The fourth-order valence-corrected chi connectivity index (χ4v) is 2.38. The summed E-state index contributed by atoms with van der Waals surface area (Å²) in [5, 5.41) is 1.10. The lowest BCUT2D eigenvalue weighted by Crippen LogP contribution is -2.06. The maximum atomic E-state index is 11.9. The number of ketones is 1. The van der Waals surface area contributed by atoms with Crippen LogP contribution in [-0.4, -0.2) is 5.78 Å². The van der Waals surface area contributed by atoms with Crippen LogP contribution >= 0.6 is 0 Å². The maximum absolute atomic E-state index is 11.9.